The fraction of sp³-hybridized carbons (Fsp3) is 1.00. The Morgan fingerprint density at radius 3 is 2.50 bits per heavy atom. The highest BCUT2D eigenvalue weighted by Gasteiger charge is 2.28. The minimum absolute atomic E-state index is 0.612. The van der Waals surface area contributed by atoms with Crippen LogP contribution in [0.1, 0.15) is 58.8 Å². The van der Waals surface area contributed by atoms with Crippen molar-refractivity contribution in [2.75, 3.05) is 26.7 Å². The van der Waals surface area contributed by atoms with Gasteiger partial charge < -0.3 is 10.2 Å². The van der Waals surface area contributed by atoms with E-state index in [9.17, 15) is 0 Å². The number of hydrogen-bond donors (Lipinski definition) is 1. The van der Waals surface area contributed by atoms with Crippen LogP contribution in [-0.2, 0) is 0 Å². The predicted octanol–water partition coefficient (Wildman–Crippen LogP) is 3.28. The third-order valence-corrected chi connectivity index (χ3v) is 5.17. The third kappa shape index (κ3) is 4.24. The third-order valence-electron chi connectivity index (χ3n) is 5.17. The summed E-state index contributed by atoms with van der Waals surface area (Å²) in [7, 11) is 2.36. The molecule has 0 bridgehead atoms. The average Bonchev–Trinajstić information content (AvgIpc) is 2.60. The van der Waals surface area contributed by atoms with Crippen LogP contribution in [0.15, 0.2) is 0 Å². The molecular weight excluding hydrogens is 220 g/mol. The largest absolute Gasteiger partial charge is 0.317 e. The highest BCUT2D eigenvalue weighted by molar-refractivity contribution is 4.82. The van der Waals surface area contributed by atoms with Crippen LogP contribution in [0.4, 0.5) is 0 Å². The molecule has 1 saturated heterocycles. The fourth-order valence-electron chi connectivity index (χ4n) is 3.64. The molecule has 0 spiro atoms. The van der Waals surface area contributed by atoms with E-state index in [0.29, 0.717) is 5.41 Å². The Hall–Kier alpha value is -0.0800. The Bertz CT molecular complexity index is 231. The molecule has 1 heterocycles. The molecule has 1 aliphatic carbocycles. The SMILES string of the molecule is CN(CC1CCC(C)(C)CC1)C1CCCNCC1. The molecule has 0 aromatic carbocycles. The molecular formula is C16H32N2. The van der Waals surface area contributed by atoms with Crippen molar-refractivity contribution in [3.8, 4) is 0 Å². The number of rotatable bonds is 3. The fourth-order valence-corrected chi connectivity index (χ4v) is 3.64. The van der Waals surface area contributed by atoms with E-state index >= 15 is 0 Å². The normalized spacial score (nSPS) is 30.3. The molecule has 1 aliphatic heterocycles. The Kier molecular flexibility index (Phi) is 5.08. The Balaban J connectivity index is 1.75. The molecule has 106 valence electrons. The van der Waals surface area contributed by atoms with Crippen LogP contribution >= 0.6 is 0 Å². The second kappa shape index (κ2) is 6.38. The summed E-state index contributed by atoms with van der Waals surface area (Å²) in [6, 6.07) is 0.829. The van der Waals surface area contributed by atoms with Gasteiger partial charge in [0.25, 0.3) is 0 Å². The van der Waals surface area contributed by atoms with Gasteiger partial charge in [-0.2, -0.15) is 0 Å². The van der Waals surface area contributed by atoms with Crippen LogP contribution in [0.3, 0.4) is 0 Å². The van der Waals surface area contributed by atoms with Crippen molar-refractivity contribution < 1.29 is 0 Å². The van der Waals surface area contributed by atoms with Crippen LogP contribution in [0, 0.1) is 11.3 Å². The van der Waals surface area contributed by atoms with Crippen molar-refractivity contribution in [3.63, 3.8) is 0 Å². The summed E-state index contributed by atoms with van der Waals surface area (Å²) >= 11 is 0. The van der Waals surface area contributed by atoms with E-state index < -0.39 is 0 Å². The maximum absolute atomic E-state index is 3.52. The molecule has 18 heavy (non-hydrogen) atoms. The number of hydrogen-bond acceptors (Lipinski definition) is 2. The zero-order valence-electron chi connectivity index (χ0n) is 12.7. The molecule has 0 aromatic heterocycles. The first-order valence-electron chi connectivity index (χ1n) is 7.98. The molecule has 1 N–H and O–H groups in total. The van der Waals surface area contributed by atoms with Crippen molar-refractivity contribution in [1.29, 1.82) is 0 Å². The second-order valence-electron chi connectivity index (χ2n) is 7.38. The van der Waals surface area contributed by atoms with E-state index in [0.717, 1.165) is 12.0 Å². The van der Waals surface area contributed by atoms with Crippen LogP contribution in [0.2, 0.25) is 0 Å². The molecule has 2 fully saturated rings. The van der Waals surface area contributed by atoms with Crippen LogP contribution < -0.4 is 5.32 Å². The van der Waals surface area contributed by atoms with Gasteiger partial charge in [-0.25, -0.2) is 0 Å². The first-order valence-corrected chi connectivity index (χ1v) is 7.98. The van der Waals surface area contributed by atoms with Crippen LogP contribution in [0.5, 0.6) is 0 Å². The monoisotopic (exact) mass is 252 g/mol. The first-order chi connectivity index (χ1) is 8.57. The number of nitrogens with zero attached hydrogens (tertiary/aromatic N) is 1. The molecule has 0 radical (unpaired) electrons. The molecule has 1 atom stereocenters. The Morgan fingerprint density at radius 2 is 1.78 bits per heavy atom. The highest BCUT2D eigenvalue weighted by atomic mass is 15.1. The minimum Gasteiger partial charge on any atom is -0.317 e. The number of nitrogens with one attached hydrogen (secondary N) is 1. The molecule has 0 aromatic rings. The van der Waals surface area contributed by atoms with E-state index in [1.807, 2.05) is 0 Å². The van der Waals surface area contributed by atoms with E-state index in [2.05, 4.69) is 31.1 Å². The zero-order chi connectivity index (χ0) is 13.0. The van der Waals surface area contributed by atoms with Crippen LogP contribution in [0.25, 0.3) is 0 Å². The molecule has 2 nitrogen and oxygen atoms in total. The molecule has 0 amide bonds. The summed E-state index contributed by atoms with van der Waals surface area (Å²) in [4.78, 5) is 2.66. The maximum Gasteiger partial charge on any atom is 0.0105 e. The van der Waals surface area contributed by atoms with Crippen molar-refractivity contribution >= 4 is 0 Å². The van der Waals surface area contributed by atoms with Gasteiger partial charge in [-0.05, 0) is 76.4 Å². The van der Waals surface area contributed by atoms with Gasteiger partial charge in [-0.3, -0.25) is 0 Å². The molecule has 2 rings (SSSR count). The average molecular weight is 252 g/mol. The summed E-state index contributed by atoms with van der Waals surface area (Å²) in [6.45, 7) is 8.64. The Labute approximate surface area is 114 Å². The van der Waals surface area contributed by atoms with Gasteiger partial charge in [0.1, 0.15) is 0 Å². The van der Waals surface area contributed by atoms with E-state index in [1.54, 1.807) is 0 Å². The maximum atomic E-state index is 3.52. The summed E-state index contributed by atoms with van der Waals surface area (Å²) in [5, 5.41) is 3.52. The van der Waals surface area contributed by atoms with E-state index in [1.165, 1.54) is 64.6 Å². The molecule has 2 aliphatic rings. The zero-order valence-corrected chi connectivity index (χ0v) is 12.7. The van der Waals surface area contributed by atoms with Gasteiger partial charge in [-0.15, -0.1) is 0 Å². The smallest absolute Gasteiger partial charge is 0.0105 e. The van der Waals surface area contributed by atoms with Gasteiger partial charge in [0, 0.05) is 12.6 Å². The quantitative estimate of drug-likeness (QED) is 0.829. The highest BCUT2D eigenvalue weighted by Crippen LogP contribution is 2.38. The Morgan fingerprint density at radius 1 is 1.06 bits per heavy atom. The van der Waals surface area contributed by atoms with E-state index in [4.69, 9.17) is 0 Å². The summed E-state index contributed by atoms with van der Waals surface area (Å²) < 4.78 is 0. The lowest BCUT2D eigenvalue weighted by Gasteiger charge is -2.37. The lowest BCUT2D eigenvalue weighted by molar-refractivity contribution is 0.130. The summed E-state index contributed by atoms with van der Waals surface area (Å²) in [5.74, 6) is 0.958. The molecule has 1 saturated carbocycles. The van der Waals surface area contributed by atoms with Crippen molar-refractivity contribution in [2.24, 2.45) is 11.3 Å². The predicted molar refractivity (Wildman–Crippen MR) is 78.9 cm³/mol. The molecule has 2 heteroatoms. The van der Waals surface area contributed by atoms with Crippen molar-refractivity contribution in [3.05, 3.63) is 0 Å². The van der Waals surface area contributed by atoms with Gasteiger partial charge >= 0.3 is 0 Å². The lowest BCUT2D eigenvalue weighted by Crippen LogP contribution is -2.37. The van der Waals surface area contributed by atoms with Crippen molar-refractivity contribution in [1.82, 2.24) is 10.2 Å². The van der Waals surface area contributed by atoms with Gasteiger partial charge in [0.05, 0.1) is 0 Å². The van der Waals surface area contributed by atoms with E-state index in [-0.39, 0.29) is 0 Å². The summed E-state index contributed by atoms with van der Waals surface area (Å²) in [6.07, 6.45) is 9.84. The first kappa shape index (κ1) is 14.3. The van der Waals surface area contributed by atoms with Crippen molar-refractivity contribution in [2.45, 2.75) is 64.8 Å². The second-order valence-corrected chi connectivity index (χ2v) is 7.38. The van der Waals surface area contributed by atoms with Gasteiger partial charge in [0.2, 0.25) is 0 Å². The lowest BCUT2D eigenvalue weighted by atomic mass is 9.73. The van der Waals surface area contributed by atoms with Gasteiger partial charge in [0.15, 0.2) is 0 Å². The minimum atomic E-state index is 0.612. The topological polar surface area (TPSA) is 15.3 Å². The summed E-state index contributed by atoms with van der Waals surface area (Å²) in [5.41, 5.74) is 0.612. The molecule has 1 unspecified atom stereocenters. The standard InChI is InChI=1S/C16H32N2/c1-16(2)9-6-14(7-10-16)13-18(3)15-5-4-11-17-12-8-15/h14-15,17H,4-13H2,1-3H3. The van der Waals surface area contributed by atoms with Gasteiger partial charge in [-0.1, -0.05) is 13.8 Å². The van der Waals surface area contributed by atoms with Crippen LogP contribution in [-0.4, -0.2) is 37.6 Å².